The van der Waals surface area contributed by atoms with Crippen LogP contribution in [0.15, 0.2) is 42.5 Å². The minimum absolute atomic E-state index is 0.246. The average Bonchev–Trinajstić information content (AvgIpc) is 2.66. The van der Waals surface area contributed by atoms with E-state index in [1.165, 1.54) is 0 Å². The maximum absolute atomic E-state index is 11.7. The van der Waals surface area contributed by atoms with Crippen molar-refractivity contribution in [2.75, 3.05) is 0 Å². The molecule has 2 heteroatoms. The Labute approximate surface area is 89.6 Å². The number of benzene rings is 1. The second kappa shape index (κ2) is 3.89. The standard InChI is InChI=1S/C13H14O2/c1-13(9-5-6-10-13)15-12(14)11-7-3-2-4-8-11/h2-5,7-9H,6,10H2,1H3. The highest BCUT2D eigenvalue weighted by Gasteiger charge is 2.28. The Hall–Kier alpha value is -1.57. The molecule has 0 saturated carbocycles. The minimum atomic E-state index is -0.410. The Morgan fingerprint density at radius 3 is 2.67 bits per heavy atom. The lowest BCUT2D eigenvalue weighted by atomic mass is 10.1. The molecule has 0 spiro atoms. The number of allylic oxidation sites excluding steroid dienone is 1. The molecule has 0 N–H and O–H groups in total. The molecular formula is C13H14O2. The molecule has 0 radical (unpaired) electrons. The van der Waals surface area contributed by atoms with E-state index in [2.05, 4.69) is 6.08 Å². The molecule has 1 atom stereocenters. The molecule has 0 amide bonds. The summed E-state index contributed by atoms with van der Waals surface area (Å²) in [7, 11) is 0. The number of carbonyl (C=O) groups excluding carboxylic acids is 1. The molecule has 15 heavy (non-hydrogen) atoms. The molecule has 0 bridgehead atoms. The van der Waals surface area contributed by atoms with E-state index in [1.807, 2.05) is 31.2 Å². The van der Waals surface area contributed by atoms with Crippen LogP contribution < -0.4 is 0 Å². The highest BCUT2D eigenvalue weighted by Crippen LogP contribution is 2.27. The minimum Gasteiger partial charge on any atom is -0.452 e. The molecule has 2 rings (SSSR count). The fraction of sp³-hybridized carbons (Fsp3) is 0.308. The van der Waals surface area contributed by atoms with Gasteiger partial charge in [0.15, 0.2) is 0 Å². The van der Waals surface area contributed by atoms with Crippen LogP contribution in [-0.2, 0) is 4.74 Å². The van der Waals surface area contributed by atoms with Gasteiger partial charge >= 0.3 is 5.97 Å². The first-order valence-electron chi connectivity index (χ1n) is 5.16. The maximum atomic E-state index is 11.7. The van der Waals surface area contributed by atoms with E-state index >= 15 is 0 Å². The summed E-state index contributed by atoms with van der Waals surface area (Å²) in [5, 5.41) is 0. The van der Waals surface area contributed by atoms with E-state index in [1.54, 1.807) is 12.1 Å². The smallest absolute Gasteiger partial charge is 0.338 e. The maximum Gasteiger partial charge on any atom is 0.338 e. The molecule has 0 saturated heterocycles. The van der Waals surface area contributed by atoms with Crippen LogP contribution in [0.2, 0.25) is 0 Å². The van der Waals surface area contributed by atoms with Gasteiger partial charge in [-0.2, -0.15) is 0 Å². The lowest BCUT2D eigenvalue weighted by Gasteiger charge is -2.22. The van der Waals surface area contributed by atoms with Crippen molar-refractivity contribution in [3.63, 3.8) is 0 Å². The fourth-order valence-corrected chi connectivity index (χ4v) is 1.72. The lowest BCUT2D eigenvalue weighted by molar-refractivity contribution is 0.0110. The number of hydrogen-bond acceptors (Lipinski definition) is 2. The van der Waals surface area contributed by atoms with Gasteiger partial charge < -0.3 is 4.74 Å². The summed E-state index contributed by atoms with van der Waals surface area (Å²) in [4.78, 5) is 11.7. The van der Waals surface area contributed by atoms with E-state index in [-0.39, 0.29) is 5.97 Å². The summed E-state index contributed by atoms with van der Waals surface area (Å²) in [5.41, 5.74) is 0.200. The quantitative estimate of drug-likeness (QED) is 0.544. The lowest BCUT2D eigenvalue weighted by Crippen LogP contribution is -2.27. The van der Waals surface area contributed by atoms with Crippen molar-refractivity contribution >= 4 is 5.97 Å². The zero-order chi connectivity index (χ0) is 10.7. The number of rotatable bonds is 2. The van der Waals surface area contributed by atoms with Crippen molar-refractivity contribution in [3.8, 4) is 0 Å². The van der Waals surface area contributed by atoms with Crippen LogP contribution in [0, 0.1) is 0 Å². The highest BCUT2D eigenvalue weighted by molar-refractivity contribution is 5.89. The summed E-state index contributed by atoms with van der Waals surface area (Å²) in [6.45, 7) is 1.94. The molecule has 2 nitrogen and oxygen atoms in total. The van der Waals surface area contributed by atoms with Crippen LogP contribution in [0.3, 0.4) is 0 Å². The van der Waals surface area contributed by atoms with Crippen molar-refractivity contribution in [1.82, 2.24) is 0 Å². The van der Waals surface area contributed by atoms with Crippen LogP contribution in [-0.4, -0.2) is 11.6 Å². The summed E-state index contributed by atoms with van der Waals surface area (Å²) in [6.07, 6.45) is 5.89. The van der Waals surface area contributed by atoms with Crippen LogP contribution in [0.4, 0.5) is 0 Å². The van der Waals surface area contributed by atoms with Gasteiger partial charge in [-0.05, 0) is 38.0 Å². The van der Waals surface area contributed by atoms with Gasteiger partial charge in [0.05, 0.1) is 5.56 Å². The van der Waals surface area contributed by atoms with Gasteiger partial charge in [0.2, 0.25) is 0 Å². The van der Waals surface area contributed by atoms with E-state index in [9.17, 15) is 4.79 Å². The third-order valence-electron chi connectivity index (χ3n) is 2.61. The van der Waals surface area contributed by atoms with Crippen molar-refractivity contribution in [2.24, 2.45) is 0 Å². The first-order valence-corrected chi connectivity index (χ1v) is 5.16. The molecule has 1 aliphatic carbocycles. The Kier molecular flexibility index (Phi) is 2.58. The Morgan fingerprint density at radius 1 is 1.33 bits per heavy atom. The average molecular weight is 202 g/mol. The Bertz CT molecular complexity index is 381. The molecule has 78 valence electrons. The van der Waals surface area contributed by atoms with E-state index in [0.29, 0.717) is 5.56 Å². The predicted molar refractivity (Wildman–Crippen MR) is 58.6 cm³/mol. The van der Waals surface area contributed by atoms with Gasteiger partial charge in [-0.1, -0.05) is 24.3 Å². The normalized spacial score (nSPS) is 24.1. The largest absolute Gasteiger partial charge is 0.452 e. The Balaban J connectivity index is 2.07. The second-order valence-corrected chi connectivity index (χ2v) is 4.01. The van der Waals surface area contributed by atoms with Gasteiger partial charge in [0, 0.05) is 0 Å². The van der Waals surface area contributed by atoms with Crippen LogP contribution in [0.25, 0.3) is 0 Å². The molecule has 0 fully saturated rings. The summed E-state index contributed by atoms with van der Waals surface area (Å²) >= 11 is 0. The van der Waals surface area contributed by atoms with E-state index < -0.39 is 5.60 Å². The van der Waals surface area contributed by atoms with Crippen molar-refractivity contribution in [3.05, 3.63) is 48.0 Å². The first kappa shape index (κ1) is 9.97. The monoisotopic (exact) mass is 202 g/mol. The highest BCUT2D eigenvalue weighted by atomic mass is 16.6. The van der Waals surface area contributed by atoms with Crippen molar-refractivity contribution in [1.29, 1.82) is 0 Å². The molecule has 1 aromatic rings. The van der Waals surface area contributed by atoms with Crippen molar-refractivity contribution < 1.29 is 9.53 Å². The number of hydrogen-bond donors (Lipinski definition) is 0. The second-order valence-electron chi connectivity index (χ2n) is 4.01. The van der Waals surface area contributed by atoms with Crippen LogP contribution >= 0.6 is 0 Å². The first-order chi connectivity index (χ1) is 7.20. The molecule has 1 aromatic carbocycles. The predicted octanol–water partition coefficient (Wildman–Crippen LogP) is 2.95. The third kappa shape index (κ3) is 2.27. The molecule has 0 aromatic heterocycles. The topological polar surface area (TPSA) is 26.3 Å². The van der Waals surface area contributed by atoms with E-state index in [0.717, 1.165) is 12.8 Å². The molecule has 0 heterocycles. The van der Waals surface area contributed by atoms with Gasteiger partial charge in [0.1, 0.15) is 5.60 Å². The summed E-state index contributed by atoms with van der Waals surface area (Å²) in [5.74, 6) is -0.246. The van der Waals surface area contributed by atoms with Gasteiger partial charge in [-0.3, -0.25) is 0 Å². The fourth-order valence-electron chi connectivity index (χ4n) is 1.72. The van der Waals surface area contributed by atoms with Crippen LogP contribution in [0.5, 0.6) is 0 Å². The zero-order valence-electron chi connectivity index (χ0n) is 8.77. The molecular weight excluding hydrogens is 188 g/mol. The number of ether oxygens (including phenoxy) is 1. The van der Waals surface area contributed by atoms with E-state index in [4.69, 9.17) is 4.74 Å². The van der Waals surface area contributed by atoms with Gasteiger partial charge in [-0.15, -0.1) is 0 Å². The molecule has 1 aliphatic rings. The Morgan fingerprint density at radius 2 is 2.07 bits per heavy atom. The molecule has 0 aliphatic heterocycles. The summed E-state index contributed by atoms with van der Waals surface area (Å²) in [6, 6.07) is 9.09. The summed E-state index contributed by atoms with van der Waals surface area (Å²) < 4.78 is 5.46. The number of carbonyl (C=O) groups is 1. The number of esters is 1. The SMILES string of the molecule is CC1(OC(=O)c2ccccc2)C=CCC1. The van der Waals surface area contributed by atoms with Crippen molar-refractivity contribution in [2.45, 2.75) is 25.4 Å². The van der Waals surface area contributed by atoms with Gasteiger partial charge in [-0.25, -0.2) is 4.79 Å². The van der Waals surface area contributed by atoms with Gasteiger partial charge in [0.25, 0.3) is 0 Å². The third-order valence-corrected chi connectivity index (χ3v) is 2.61. The van der Waals surface area contributed by atoms with Crippen LogP contribution in [0.1, 0.15) is 30.1 Å². The zero-order valence-corrected chi connectivity index (χ0v) is 8.77. The molecule has 1 unspecified atom stereocenters.